The van der Waals surface area contributed by atoms with Crippen molar-refractivity contribution < 1.29 is 0 Å². The Morgan fingerprint density at radius 1 is 1.62 bits per heavy atom. The van der Waals surface area contributed by atoms with E-state index in [1.807, 2.05) is 12.3 Å². The lowest BCUT2D eigenvalue weighted by Crippen LogP contribution is -2.01. The average molecular weight is 256 g/mol. The van der Waals surface area contributed by atoms with E-state index in [1.54, 1.807) is 0 Å². The highest BCUT2D eigenvalue weighted by atomic mass is 35.5. The molecule has 86 valence electrons. The number of thioether (sulfide) groups is 1. The van der Waals surface area contributed by atoms with E-state index < -0.39 is 0 Å². The third-order valence-corrected chi connectivity index (χ3v) is 3.90. The summed E-state index contributed by atoms with van der Waals surface area (Å²) < 4.78 is 0. The Labute approximate surface area is 105 Å². The zero-order chi connectivity index (χ0) is 11.8. The number of hydrogen-bond donors (Lipinski definition) is 1. The first-order valence-electron chi connectivity index (χ1n) is 5.08. The molecule has 2 rings (SSSR count). The summed E-state index contributed by atoms with van der Waals surface area (Å²) in [6.07, 6.45) is 7.01. The maximum atomic E-state index is 7.10. The maximum Gasteiger partial charge on any atom is 0.173 e. The molecule has 1 saturated heterocycles. The molecule has 1 aromatic heterocycles. The molecule has 1 unspecified atom stereocenters. The summed E-state index contributed by atoms with van der Waals surface area (Å²) >= 11 is 7.79. The minimum Gasteiger partial charge on any atom is -0.337 e. The molecule has 1 fully saturated rings. The number of hydrogen-bond acceptors (Lipinski definition) is 4. The van der Waals surface area contributed by atoms with Crippen LogP contribution in [0, 0.1) is 11.5 Å². The van der Waals surface area contributed by atoms with Crippen LogP contribution in [0.4, 0.5) is 0 Å². The summed E-state index contributed by atoms with van der Waals surface area (Å²) in [4.78, 5) is 4.08. The van der Waals surface area contributed by atoms with Crippen molar-refractivity contribution in [3.8, 4) is 6.19 Å². The smallest absolute Gasteiger partial charge is 0.173 e. The molecular formula is C11H14ClN3S. The van der Waals surface area contributed by atoms with Crippen molar-refractivity contribution in [2.24, 2.45) is 5.73 Å². The number of pyridine rings is 1. The van der Waals surface area contributed by atoms with E-state index in [4.69, 9.17) is 16.9 Å². The van der Waals surface area contributed by atoms with Crippen LogP contribution in [0.2, 0.25) is 5.15 Å². The fourth-order valence-corrected chi connectivity index (χ4v) is 3.02. The summed E-state index contributed by atoms with van der Waals surface area (Å²) in [6.45, 7) is 0. The van der Waals surface area contributed by atoms with E-state index in [2.05, 4.69) is 28.5 Å². The molecule has 1 aliphatic heterocycles. The van der Waals surface area contributed by atoms with Gasteiger partial charge in [-0.1, -0.05) is 17.7 Å². The van der Waals surface area contributed by atoms with Crippen molar-refractivity contribution in [3.05, 3.63) is 29.0 Å². The van der Waals surface area contributed by atoms with Crippen molar-refractivity contribution >= 4 is 23.4 Å². The maximum absolute atomic E-state index is 7.10. The molecule has 0 bridgehead atoms. The summed E-state index contributed by atoms with van der Waals surface area (Å²) in [7, 11) is 0. The second-order valence-electron chi connectivity index (χ2n) is 3.46. The molecule has 1 aliphatic rings. The molecular weight excluding hydrogens is 242 g/mol. The molecule has 0 radical (unpaired) electrons. The highest BCUT2D eigenvalue weighted by Gasteiger charge is 2.15. The molecule has 1 atom stereocenters. The largest absolute Gasteiger partial charge is 0.337 e. The van der Waals surface area contributed by atoms with Crippen LogP contribution in [0.25, 0.3) is 0 Å². The summed E-state index contributed by atoms with van der Waals surface area (Å²) in [5.41, 5.74) is 5.46. The Morgan fingerprint density at radius 2 is 2.38 bits per heavy atom. The van der Waals surface area contributed by atoms with Crippen LogP contribution in [0.1, 0.15) is 18.4 Å². The number of nitrogens with zero attached hydrogens (tertiary/aromatic N) is 2. The van der Waals surface area contributed by atoms with E-state index in [1.165, 1.54) is 30.4 Å². The van der Waals surface area contributed by atoms with Crippen molar-refractivity contribution in [2.75, 3.05) is 5.75 Å². The van der Waals surface area contributed by atoms with Gasteiger partial charge in [-0.15, -0.1) is 0 Å². The van der Waals surface area contributed by atoms with Gasteiger partial charge in [0.05, 0.1) is 0 Å². The Bertz CT molecular complexity index is 341. The molecule has 2 heterocycles. The van der Waals surface area contributed by atoms with Gasteiger partial charge in [-0.25, -0.2) is 4.98 Å². The van der Waals surface area contributed by atoms with Crippen molar-refractivity contribution in [2.45, 2.75) is 24.5 Å². The normalized spacial score (nSPS) is 18.4. The van der Waals surface area contributed by atoms with Crippen molar-refractivity contribution in [1.82, 2.24) is 4.98 Å². The SMILES string of the molecule is Clc1ccc(CC2CCCS2)cn1.N#CN. The molecule has 0 spiro atoms. The van der Waals surface area contributed by atoms with Crippen LogP contribution >= 0.6 is 23.4 Å². The van der Waals surface area contributed by atoms with Crippen LogP contribution in [-0.2, 0) is 6.42 Å². The fourth-order valence-electron chi connectivity index (χ4n) is 1.60. The average Bonchev–Trinajstić information content (AvgIpc) is 2.75. The van der Waals surface area contributed by atoms with Gasteiger partial charge in [0.25, 0.3) is 0 Å². The molecule has 16 heavy (non-hydrogen) atoms. The van der Waals surface area contributed by atoms with Gasteiger partial charge in [-0.05, 0) is 36.6 Å². The van der Waals surface area contributed by atoms with E-state index in [0.29, 0.717) is 5.15 Å². The first kappa shape index (κ1) is 13.1. The molecule has 0 aliphatic carbocycles. The third kappa shape index (κ3) is 4.73. The molecule has 0 aromatic carbocycles. The number of rotatable bonds is 2. The topological polar surface area (TPSA) is 62.7 Å². The minimum absolute atomic E-state index is 0.586. The van der Waals surface area contributed by atoms with E-state index in [9.17, 15) is 0 Å². The van der Waals surface area contributed by atoms with Gasteiger partial charge in [-0.3, -0.25) is 0 Å². The second kappa shape index (κ2) is 7.37. The Morgan fingerprint density at radius 3 is 2.88 bits per heavy atom. The highest BCUT2D eigenvalue weighted by Crippen LogP contribution is 2.28. The van der Waals surface area contributed by atoms with Crippen LogP contribution < -0.4 is 5.73 Å². The lowest BCUT2D eigenvalue weighted by molar-refractivity contribution is 0.775. The van der Waals surface area contributed by atoms with Crippen LogP contribution in [-0.4, -0.2) is 16.0 Å². The predicted octanol–water partition coefficient (Wildman–Crippen LogP) is 2.60. The first-order valence-corrected chi connectivity index (χ1v) is 6.50. The molecule has 0 saturated carbocycles. The van der Waals surface area contributed by atoms with E-state index >= 15 is 0 Å². The lowest BCUT2D eigenvalue weighted by atomic mass is 10.1. The van der Waals surface area contributed by atoms with Crippen LogP contribution in [0.5, 0.6) is 0 Å². The van der Waals surface area contributed by atoms with Crippen LogP contribution in [0.15, 0.2) is 18.3 Å². The highest BCUT2D eigenvalue weighted by molar-refractivity contribution is 8.00. The Kier molecular flexibility index (Phi) is 6.05. The fraction of sp³-hybridized carbons (Fsp3) is 0.455. The van der Waals surface area contributed by atoms with Crippen molar-refractivity contribution in [1.29, 1.82) is 5.26 Å². The van der Waals surface area contributed by atoms with Crippen molar-refractivity contribution in [3.63, 3.8) is 0 Å². The number of aromatic nitrogens is 1. The van der Waals surface area contributed by atoms with Crippen LogP contribution in [0.3, 0.4) is 0 Å². The van der Waals surface area contributed by atoms with Gasteiger partial charge in [0.1, 0.15) is 5.15 Å². The summed E-state index contributed by atoms with van der Waals surface area (Å²) in [6, 6.07) is 3.95. The standard InChI is InChI=1S/C10H12ClNS.CH2N2/c11-10-4-3-8(7-12-10)6-9-2-1-5-13-9;2-1-3/h3-4,7,9H,1-2,5-6H2;2H2. The summed E-state index contributed by atoms with van der Waals surface area (Å²) in [5, 5.41) is 8.49. The molecule has 3 nitrogen and oxygen atoms in total. The number of halogens is 1. The molecule has 1 aromatic rings. The monoisotopic (exact) mass is 255 g/mol. The zero-order valence-corrected chi connectivity index (χ0v) is 10.5. The van der Waals surface area contributed by atoms with Gasteiger partial charge in [0.2, 0.25) is 0 Å². The van der Waals surface area contributed by atoms with Gasteiger partial charge in [-0.2, -0.15) is 17.0 Å². The quantitative estimate of drug-likeness (QED) is 0.501. The zero-order valence-electron chi connectivity index (χ0n) is 8.90. The van der Waals surface area contributed by atoms with E-state index in [0.717, 1.165) is 11.7 Å². The lowest BCUT2D eigenvalue weighted by Gasteiger charge is -2.07. The predicted molar refractivity (Wildman–Crippen MR) is 68.2 cm³/mol. The number of nitrogens with two attached hydrogens (primary N) is 1. The molecule has 5 heteroatoms. The van der Waals surface area contributed by atoms with Gasteiger partial charge in [0.15, 0.2) is 6.19 Å². The second-order valence-corrected chi connectivity index (χ2v) is 5.25. The molecule has 2 N–H and O–H groups in total. The molecule has 0 amide bonds. The van der Waals surface area contributed by atoms with Gasteiger partial charge in [0, 0.05) is 11.4 Å². The Hall–Kier alpha value is -0.920. The minimum atomic E-state index is 0.586. The van der Waals surface area contributed by atoms with Gasteiger partial charge >= 0.3 is 0 Å². The third-order valence-electron chi connectivity index (χ3n) is 2.28. The summed E-state index contributed by atoms with van der Waals surface area (Å²) in [5.74, 6) is 1.33. The first-order chi connectivity index (χ1) is 7.76. The Balaban J connectivity index is 0.000000386. The van der Waals surface area contributed by atoms with E-state index in [-0.39, 0.29) is 0 Å². The van der Waals surface area contributed by atoms with Gasteiger partial charge < -0.3 is 5.73 Å². The number of nitriles is 1.